The summed E-state index contributed by atoms with van der Waals surface area (Å²) in [5.41, 5.74) is 5.37. The van der Waals surface area contributed by atoms with E-state index in [4.69, 9.17) is 5.73 Å². The topological polar surface area (TPSA) is 89.3 Å². The Morgan fingerprint density at radius 3 is 2.48 bits per heavy atom. The molecule has 1 fully saturated rings. The quantitative estimate of drug-likeness (QED) is 0.758. The average Bonchev–Trinajstić information content (AvgIpc) is 3.04. The van der Waals surface area contributed by atoms with E-state index in [1.54, 1.807) is 12.1 Å². The van der Waals surface area contributed by atoms with E-state index in [1.807, 2.05) is 18.2 Å². The molecule has 0 aromatic heterocycles. The summed E-state index contributed by atoms with van der Waals surface area (Å²) in [6, 6.07) is 8.32. The summed E-state index contributed by atoms with van der Waals surface area (Å²) >= 11 is 0. The Bertz CT molecular complexity index is 556. The summed E-state index contributed by atoms with van der Waals surface area (Å²) < 4.78 is 12.2. The van der Waals surface area contributed by atoms with Crippen molar-refractivity contribution in [3.8, 4) is 0 Å². The molecule has 126 valence electrons. The number of primary amides is 1. The van der Waals surface area contributed by atoms with Crippen molar-refractivity contribution in [1.29, 1.82) is 0 Å². The van der Waals surface area contributed by atoms with Gasteiger partial charge in [-0.05, 0) is 37.3 Å². The Morgan fingerprint density at radius 1 is 1.22 bits per heavy atom. The first-order valence-corrected chi connectivity index (χ1v) is 9.40. The Kier molecular flexibility index (Phi) is 6.77. The van der Waals surface area contributed by atoms with Crippen LogP contribution in [0.1, 0.15) is 38.5 Å². The molecule has 5 nitrogen and oxygen atoms in total. The van der Waals surface area contributed by atoms with Gasteiger partial charge >= 0.3 is 0 Å². The van der Waals surface area contributed by atoms with Gasteiger partial charge in [0.25, 0.3) is 0 Å². The molecule has 0 spiro atoms. The minimum Gasteiger partial charge on any atom is -0.368 e. The van der Waals surface area contributed by atoms with E-state index in [0.29, 0.717) is 23.0 Å². The van der Waals surface area contributed by atoms with Crippen molar-refractivity contribution in [1.82, 2.24) is 5.32 Å². The van der Waals surface area contributed by atoms with Crippen molar-refractivity contribution in [3.63, 3.8) is 0 Å². The number of hydrogen-bond donors (Lipinski definition) is 2. The van der Waals surface area contributed by atoms with Crippen LogP contribution in [0, 0.1) is 5.92 Å². The minimum absolute atomic E-state index is 0.133. The van der Waals surface area contributed by atoms with Crippen LogP contribution in [-0.2, 0) is 20.4 Å². The van der Waals surface area contributed by atoms with Crippen molar-refractivity contribution in [2.45, 2.75) is 49.5 Å². The molecule has 2 atom stereocenters. The fourth-order valence-electron chi connectivity index (χ4n) is 2.93. The standard InChI is InChI=1S/C17H24N2O3S/c18-17(21)15(19-16(20)12-13-6-4-5-7-13)10-11-23(22)14-8-2-1-3-9-14/h1-3,8-9,13,15H,4-7,10-12H2,(H2,18,21)(H,19,20)/t15-,23-/m1/s1. The number of carbonyl (C=O) groups excluding carboxylic acids is 2. The van der Waals surface area contributed by atoms with Crippen molar-refractivity contribution >= 4 is 22.6 Å². The first-order chi connectivity index (χ1) is 11.1. The largest absolute Gasteiger partial charge is 0.368 e. The minimum atomic E-state index is -1.20. The van der Waals surface area contributed by atoms with Crippen LogP contribution in [0.25, 0.3) is 0 Å². The molecular weight excluding hydrogens is 312 g/mol. The predicted octanol–water partition coefficient (Wildman–Crippen LogP) is 1.73. The molecule has 1 aromatic carbocycles. The molecule has 6 heteroatoms. The molecule has 0 saturated heterocycles. The van der Waals surface area contributed by atoms with Gasteiger partial charge in [-0.2, -0.15) is 0 Å². The second-order valence-corrected chi connectivity index (χ2v) is 7.60. The van der Waals surface area contributed by atoms with Crippen LogP contribution in [0.5, 0.6) is 0 Å². The lowest BCUT2D eigenvalue weighted by Crippen LogP contribution is -2.45. The highest BCUT2D eigenvalue weighted by Gasteiger charge is 2.23. The van der Waals surface area contributed by atoms with E-state index in [2.05, 4.69) is 5.32 Å². The van der Waals surface area contributed by atoms with Gasteiger partial charge in [-0.15, -0.1) is 0 Å². The Morgan fingerprint density at radius 2 is 1.87 bits per heavy atom. The second kappa shape index (κ2) is 8.82. The van der Waals surface area contributed by atoms with Crippen molar-refractivity contribution in [2.24, 2.45) is 11.7 Å². The van der Waals surface area contributed by atoms with Gasteiger partial charge in [-0.25, -0.2) is 0 Å². The molecule has 0 radical (unpaired) electrons. The summed E-state index contributed by atoms with van der Waals surface area (Å²) in [6.07, 6.45) is 5.23. The Balaban J connectivity index is 1.82. The zero-order valence-corrected chi connectivity index (χ0v) is 14.0. The van der Waals surface area contributed by atoms with Gasteiger partial charge < -0.3 is 11.1 Å². The number of nitrogens with two attached hydrogens (primary N) is 1. The first-order valence-electron chi connectivity index (χ1n) is 8.08. The molecule has 1 aliphatic carbocycles. The monoisotopic (exact) mass is 336 g/mol. The summed E-state index contributed by atoms with van der Waals surface area (Å²) in [6.45, 7) is 0. The van der Waals surface area contributed by atoms with Gasteiger partial charge in [0.2, 0.25) is 11.8 Å². The molecule has 23 heavy (non-hydrogen) atoms. The van der Waals surface area contributed by atoms with Crippen LogP contribution in [-0.4, -0.2) is 27.8 Å². The third kappa shape index (κ3) is 5.78. The number of nitrogens with one attached hydrogen (secondary N) is 1. The molecule has 1 aromatic rings. The lowest BCUT2D eigenvalue weighted by Gasteiger charge is -2.17. The molecule has 0 aliphatic heterocycles. The Labute approximate surface area is 139 Å². The van der Waals surface area contributed by atoms with Gasteiger partial charge in [0.15, 0.2) is 0 Å². The van der Waals surface area contributed by atoms with Gasteiger partial charge in [0.1, 0.15) is 6.04 Å². The van der Waals surface area contributed by atoms with Crippen LogP contribution in [0.2, 0.25) is 0 Å². The number of amides is 2. The second-order valence-electron chi connectivity index (χ2n) is 6.03. The molecular formula is C17H24N2O3S. The number of rotatable bonds is 8. The lowest BCUT2D eigenvalue weighted by atomic mass is 10.0. The van der Waals surface area contributed by atoms with Crippen LogP contribution < -0.4 is 11.1 Å². The van der Waals surface area contributed by atoms with Crippen LogP contribution in [0.15, 0.2) is 35.2 Å². The normalized spacial score (nSPS) is 17.6. The maximum atomic E-state index is 12.2. The van der Waals surface area contributed by atoms with E-state index in [-0.39, 0.29) is 12.3 Å². The molecule has 0 bridgehead atoms. The SMILES string of the molecule is NC(=O)[C@@H](CC[S@@](=O)c1ccccc1)NC(=O)CC1CCCC1. The number of carbonyl (C=O) groups is 2. The van der Waals surface area contributed by atoms with E-state index in [1.165, 1.54) is 12.8 Å². The zero-order valence-electron chi connectivity index (χ0n) is 13.2. The molecule has 1 aliphatic rings. The third-order valence-electron chi connectivity index (χ3n) is 4.23. The van der Waals surface area contributed by atoms with Crippen LogP contribution >= 0.6 is 0 Å². The number of benzene rings is 1. The fourth-order valence-corrected chi connectivity index (χ4v) is 4.08. The van der Waals surface area contributed by atoms with Crippen LogP contribution in [0.3, 0.4) is 0 Å². The van der Waals surface area contributed by atoms with E-state index < -0.39 is 22.7 Å². The molecule has 2 amide bonds. The maximum Gasteiger partial charge on any atom is 0.240 e. The van der Waals surface area contributed by atoms with Crippen molar-refractivity contribution in [3.05, 3.63) is 30.3 Å². The van der Waals surface area contributed by atoms with Crippen molar-refractivity contribution < 1.29 is 13.8 Å². The predicted molar refractivity (Wildman–Crippen MR) is 90.0 cm³/mol. The molecule has 1 saturated carbocycles. The highest BCUT2D eigenvalue weighted by atomic mass is 32.2. The van der Waals surface area contributed by atoms with E-state index >= 15 is 0 Å². The molecule has 3 N–H and O–H groups in total. The molecule has 2 rings (SSSR count). The van der Waals surface area contributed by atoms with E-state index in [9.17, 15) is 13.8 Å². The first kappa shape index (κ1) is 17.7. The molecule has 0 heterocycles. The highest BCUT2D eigenvalue weighted by Crippen LogP contribution is 2.27. The highest BCUT2D eigenvalue weighted by molar-refractivity contribution is 7.85. The maximum absolute atomic E-state index is 12.2. The third-order valence-corrected chi connectivity index (χ3v) is 5.63. The lowest BCUT2D eigenvalue weighted by molar-refractivity contribution is -0.127. The summed E-state index contributed by atoms with van der Waals surface area (Å²) in [7, 11) is -1.20. The van der Waals surface area contributed by atoms with Gasteiger partial charge in [-0.3, -0.25) is 13.8 Å². The molecule has 0 unspecified atom stereocenters. The average molecular weight is 336 g/mol. The zero-order chi connectivity index (χ0) is 16.7. The van der Waals surface area contributed by atoms with Gasteiger partial charge in [0, 0.05) is 17.1 Å². The summed E-state index contributed by atoms with van der Waals surface area (Å²) in [5.74, 6) is 0.00410. The van der Waals surface area contributed by atoms with Gasteiger partial charge in [-0.1, -0.05) is 31.0 Å². The fraction of sp³-hybridized carbons (Fsp3) is 0.529. The van der Waals surface area contributed by atoms with Crippen molar-refractivity contribution in [2.75, 3.05) is 5.75 Å². The van der Waals surface area contributed by atoms with Crippen LogP contribution in [0.4, 0.5) is 0 Å². The summed E-state index contributed by atoms with van der Waals surface area (Å²) in [5, 5.41) is 2.70. The van der Waals surface area contributed by atoms with Gasteiger partial charge in [0.05, 0.1) is 10.8 Å². The summed E-state index contributed by atoms with van der Waals surface area (Å²) in [4.78, 5) is 24.3. The number of hydrogen-bond acceptors (Lipinski definition) is 3. The Hall–Kier alpha value is -1.69. The van der Waals surface area contributed by atoms with E-state index in [0.717, 1.165) is 12.8 Å². The smallest absolute Gasteiger partial charge is 0.240 e.